The fourth-order valence-electron chi connectivity index (χ4n) is 1.49. The van der Waals surface area contributed by atoms with Gasteiger partial charge in [-0.15, -0.1) is 0 Å². The lowest BCUT2D eigenvalue weighted by Crippen LogP contribution is -2.11. The summed E-state index contributed by atoms with van der Waals surface area (Å²) in [6.07, 6.45) is 1.34. The Kier molecular flexibility index (Phi) is 4.04. The molecule has 1 aromatic carbocycles. The number of anilines is 3. The number of halogens is 3. The van der Waals surface area contributed by atoms with Crippen LogP contribution in [0.1, 0.15) is 5.56 Å². The van der Waals surface area contributed by atoms with Crippen LogP contribution in [0.4, 0.5) is 21.7 Å². The Morgan fingerprint density at radius 2 is 1.74 bits per heavy atom. The molecule has 5 nitrogen and oxygen atoms in total. The van der Waals surface area contributed by atoms with Crippen LogP contribution >= 0.6 is 23.2 Å². The first-order chi connectivity index (χ1) is 9.02. The molecule has 4 N–H and O–H groups in total. The van der Waals surface area contributed by atoms with Crippen molar-refractivity contribution in [2.75, 3.05) is 10.7 Å². The third-order valence-corrected chi connectivity index (χ3v) is 3.02. The van der Waals surface area contributed by atoms with Crippen LogP contribution in [0.5, 0.6) is 0 Å². The normalized spacial score (nSPS) is 10.4. The monoisotopic (exact) mass is 301 g/mol. The van der Waals surface area contributed by atoms with E-state index in [4.69, 9.17) is 29.0 Å². The molecule has 0 aliphatic rings. The van der Waals surface area contributed by atoms with E-state index in [1.54, 1.807) is 6.92 Å². The number of benzene rings is 1. The quantitative estimate of drug-likeness (QED) is 0.461. The zero-order chi connectivity index (χ0) is 14.0. The molecule has 1 heterocycles. The molecule has 0 spiro atoms. The molecule has 2 rings (SSSR count). The van der Waals surface area contributed by atoms with Gasteiger partial charge < -0.3 is 10.7 Å². The maximum absolute atomic E-state index is 13.3. The van der Waals surface area contributed by atoms with E-state index < -0.39 is 5.82 Å². The van der Waals surface area contributed by atoms with Crippen molar-refractivity contribution in [2.24, 2.45) is 5.84 Å². The summed E-state index contributed by atoms with van der Waals surface area (Å²) in [6, 6.07) is 2.83. The van der Waals surface area contributed by atoms with Crippen LogP contribution in [0, 0.1) is 12.7 Å². The topological polar surface area (TPSA) is 75.9 Å². The highest BCUT2D eigenvalue weighted by atomic mass is 35.5. The molecule has 2 aromatic rings. The predicted octanol–water partition coefficient (Wildman–Crippen LogP) is 3.26. The molecule has 19 heavy (non-hydrogen) atoms. The lowest BCUT2D eigenvalue weighted by atomic mass is 10.2. The van der Waals surface area contributed by atoms with Gasteiger partial charge in [0.2, 0.25) is 0 Å². The summed E-state index contributed by atoms with van der Waals surface area (Å²) in [5.74, 6) is 5.66. The maximum atomic E-state index is 13.3. The molecule has 1 aromatic heterocycles. The number of nitrogens with one attached hydrogen (secondary N) is 2. The fourth-order valence-corrected chi connectivity index (χ4v) is 1.97. The van der Waals surface area contributed by atoms with E-state index in [-0.39, 0.29) is 10.0 Å². The summed E-state index contributed by atoms with van der Waals surface area (Å²) in [5.41, 5.74) is 3.67. The minimum Gasteiger partial charge on any atom is -0.340 e. The Bertz CT molecular complexity index is 597. The van der Waals surface area contributed by atoms with Crippen LogP contribution < -0.4 is 16.6 Å². The van der Waals surface area contributed by atoms with Crippen LogP contribution in [0.2, 0.25) is 10.0 Å². The first kappa shape index (κ1) is 13.8. The van der Waals surface area contributed by atoms with Gasteiger partial charge in [-0.1, -0.05) is 23.2 Å². The van der Waals surface area contributed by atoms with Crippen LogP contribution in [0.3, 0.4) is 0 Å². The number of hydrogen-bond acceptors (Lipinski definition) is 5. The molecular weight excluding hydrogens is 292 g/mol. The second kappa shape index (κ2) is 5.56. The van der Waals surface area contributed by atoms with E-state index in [9.17, 15) is 4.39 Å². The molecule has 0 aliphatic heterocycles. The van der Waals surface area contributed by atoms with Crippen molar-refractivity contribution in [3.05, 3.63) is 39.9 Å². The fraction of sp³-hybridized carbons (Fsp3) is 0.0909. The van der Waals surface area contributed by atoms with Gasteiger partial charge in [0.1, 0.15) is 18.0 Å². The number of rotatable bonds is 3. The van der Waals surface area contributed by atoms with Gasteiger partial charge in [-0.25, -0.2) is 20.2 Å². The summed E-state index contributed by atoms with van der Waals surface area (Å²) in [6.45, 7) is 1.78. The van der Waals surface area contributed by atoms with Gasteiger partial charge in [0.25, 0.3) is 0 Å². The highest BCUT2D eigenvalue weighted by molar-refractivity contribution is 6.35. The van der Waals surface area contributed by atoms with Crippen molar-refractivity contribution in [2.45, 2.75) is 6.92 Å². The largest absolute Gasteiger partial charge is 0.340 e. The van der Waals surface area contributed by atoms with E-state index in [1.165, 1.54) is 18.5 Å². The van der Waals surface area contributed by atoms with E-state index in [1.807, 2.05) is 0 Å². The Balaban J connectivity index is 2.36. The molecule has 100 valence electrons. The third kappa shape index (κ3) is 2.86. The van der Waals surface area contributed by atoms with Gasteiger partial charge in [0, 0.05) is 11.3 Å². The van der Waals surface area contributed by atoms with Crippen molar-refractivity contribution < 1.29 is 4.39 Å². The average Bonchev–Trinajstić information content (AvgIpc) is 2.38. The molecule has 0 radical (unpaired) electrons. The zero-order valence-electron chi connectivity index (χ0n) is 9.84. The highest BCUT2D eigenvalue weighted by Gasteiger charge is 2.10. The zero-order valence-corrected chi connectivity index (χ0v) is 11.3. The third-order valence-electron chi connectivity index (χ3n) is 2.47. The molecule has 0 saturated carbocycles. The summed E-state index contributed by atoms with van der Waals surface area (Å²) in [7, 11) is 0. The molecule has 0 amide bonds. The Labute approximate surface area is 118 Å². The second-order valence-corrected chi connectivity index (χ2v) is 4.53. The molecule has 0 saturated heterocycles. The van der Waals surface area contributed by atoms with Gasteiger partial charge in [0.15, 0.2) is 5.82 Å². The van der Waals surface area contributed by atoms with Gasteiger partial charge in [-0.2, -0.15) is 0 Å². The van der Waals surface area contributed by atoms with Gasteiger partial charge in [-0.05, 0) is 19.1 Å². The Morgan fingerprint density at radius 1 is 1.16 bits per heavy atom. The number of nitrogen functional groups attached to an aromatic ring is 1. The molecule has 0 atom stereocenters. The van der Waals surface area contributed by atoms with Crippen molar-refractivity contribution in [1.29, 1.82) is 0 Å². The maximum Gasteiger partial charge on any atom is 0.160 e. The summed E-state index contributed by atoms with van der Waals surface area (Å²) in [4.78, 5) is 8.02. The molecule has 0 unspecified atom stereocenters. The minimum absolute atomic E-state index is 0.0705. The number of hydrazine groups is 1. The Morgan fingerprint density at radius 3 is 2.32 bits per heavy atom. The number of hydrogen-bond donors (Lipinski definition) is 3. The summed E-state index contributed by atoms with van der Waals surface area (Å²) >= 11 is 11.4. The van der Waals surface area contributed by atoms with Gasteiger partial charge in [0.05, 0.1) is 10.0 Å². The van der Waals surface area contributed by atoms with E-state index in [0.717, 1.165) is 0 Å². The molecule has 0 fully saturated rings. The van der Waals surface area contributed by atoms with Crippen molar-refractivity contribution in [3.63, 3.8) is 0 Å². The summed E-state index contributed by atoms with van der Waals surface area (Å²) < 4.78 is 13.3. The molecule has 0 bridgehead atoms. The first-order valence-corrected chi connectivity index (χ1v) is 5.98. The van der Waals surface area contributed by atoms with Crippen molar-refractivity contribution >= 4 is 40.5 Å². The summed E-state index contributed by atoms with van der Waals surface area (Å²) in [5, 5.41) is 2.83. The number of aromatic nitrogens is 2. The average molecular weight is 302 g/mol. The predicted molar refractivity (Wildman–Crippen MR) is 74.3 cm³/mol. The van der Waals surface area contributed by atoms with E-state index in [2.05, 4.69) is 20.7 Å². The minimum atomic E-state index is -0.655. The standard InChI is InChI=1S/C11H10Cl2FN5/c1-5-10(16-4-17-11(5)19-15)18-6-2-7(12)9(14)8(13)3-6/h2-4H,15H2,1H3,(H2,16,17,18,19). The first-order valence-electron chi connectivity index (χ1n) is 5.22. The molecule has 8 heteroatoms. The van der Waals surface area contributed by atoms with Crippen molar-refractivity contribution in [3.8, 4) is 0 Å². The number of nitrogens with zero attached hydrogens (tertiary/aromatic N) is 2. The smallest absolute Gasteiger partial charge is 0.160 e. The molecule has 0 aliphatic carbocycles. The second-order valence-electron chi connectivity index (χ2n) is 3.72. The van der Waals surface area contributed by atoms with Crippen LogP contribution in [0.25, 0.3) is 0 Å². The highest BCUT2D eigenvalue weighted by Crippen LogP contribution is 2.29. The van der Waals surface area contributed by atoms with Gasteiger partial charge >= 0.3 is 0 Å². The molecular formula is C11H10Cl2FN5. The number of nitrogens with two attached hydrogens (primary N) is 1. The SMILES string of the molecule is Cc1c(NN)ncnc1Nc1cc(Cl)c(F)c(Cl)c1. The Hall–Kier alpha value is -1.63. The lowest BCUT2D eigenvalue weighted by molar-refractivity contribution is 0.629. The van der Waals surface area contributed by atoms with E-state index in [0.29, 0.717) is 22.9 Å². The van der Waals surface area contributed by atoms with Crippen LogP contribution in [0.15, 0.2) is 18.5 Å². The van der Waals surface area contributed by atoms with Crippen molar-refractivity contribution in [1.82, 2.24) is 9.97 Å². The lowest BCUT2D eigenvalue weighted by Gasteiger charge is -2.11. The van der Waals surface area contributed by atoms with Crippen LogP contribution in [-0.2, 0) is 0 Å². The van der Waals surface area contributed by atoms with Crippen LogP contribution in [-0.4, -0.2) is 9.97 Å². The van der Waals surface area contributed by atoms with Gasteiger partial charge in [-0.3, -0.25) is 0 Å². The van der Waals surface area contributed by atoms with E-state index >= 15 is 0 Å².